The zero-order valence-electron chi connectivity index (χ0n) is 12.0. The molecule has 0 aromatic heterocycles. The van der Waals surface area contributed by atoms with Crippen molar-refractivity contribution in [1.82, 2.24) is 5.43 Å². The zero-order valence-corrected chi connectivity index (χ0v) is 12.7. The number of benzene rings is 2. The molecule has 0 saturated heterocycles. The number of phenolic OH excluding ortho intramolecular Hbond substituents is 1. The van der Waals surface area contributed by atoms with Crippen molar-refractivity contribution in [3.8, 4) is 5.75 Å². The molecule has 5 nitrogen and oxygen atoms in total. The highest BCUT2D eigenvalue weighted by Gasteiger charge is 2.11. The minimum absolute atomic E-state index is 0.181. The minimum atomic E-state index is -0.463. The summed E-state index contributed by atoms with van der Waals surface area (Å²) in [5, 5.41) is 16.7. The summed E-state index contributed by atoms with van der Waals surface area (Å²) in [5.74, 6) is -0.0875. The Hall–Kier alpha value is -2.53. The summed E-state index contributed by atoms with van der Waals surface area (Å²) in [7, 11) is 0. The third-order valence-corrected chi connectivity index (χ3v) is 3.12. The van der Waals surface area contributed by atoms with Crippen LogP contribution >= 0.6 is 11.6 Å². The number of carbonyl (C=O) groups excluding carboxylic acids is 1. The lowest BCUT2D eigenvalue weighted by molar-refractivity contribution is -0.121. The maximum absolute atomic E-state index is 11.9. The first-order valence-electron chi connectivity index (χ1n) is 6.68. The highest BCUT2D eigenvalue weighted by molar-refractivity contribution is 6.30. The van der Waals surface area contributed by atoms with Crippen LogP contribution in [0.15, 0.2) is 53.6 Å². The Kier molecular flexibility index (Phi) is 5.38. The zero-order chi connectivity index (χ0) is 15.9. The van der Waals surface area contributed by atoms with Crippen molar-refractivity contribution in [2.75, 3.05) is 5.32 Å². The quantitative estimate of drug-likeness (QED) is 0.586. The van der Waals surface area contributed by atoms with Gasteiger partial charge in [-0.15, -0.1) is 0 Å². The average Bonchev–Trinajstić information content (AvgIpc) is 2.49. The number of hydrogen-bond acceptors (Lipinski definition) is 4. The van der Waals surface area contributed by atoms with Gasteiger partial charge in [-0.25, -0.2) is 5.43 Å². The summed E-state index contributed by atoms with van der Waals surface area (Å²) in [5.41, 5.74) is 3.99. The van der Waals surface area contributed by atoms with Gasteiger partial charge in [-0.1, -0.05) is 17.7 Å². The fraction of sp³-hybridized carbons (Fsp3) is 0.125. The standard InChI is InChI=1S/C16H16ClN3O2/c1-11(19-14-4-2-3-13(17)9-14)16(22)20-18-10-12-5-7-15(21)8-6-12/h2-11,19,21H,1H3,(H,20,22). The first kappa shape index (κ1) is 15.9. The molecule has 0 bridgehead atoms. The molecule has 0 aliphatic rings. The van der Waals surface area contributed by atoms with E-state index in [2.05, 4.69) is 15.8 Å². The second-order valence-corrected chi connectivity index (χ2v) is 5.14. The maximum Gasteiger partial charge on any atom is 0.262 e. The summed E-state index contributed by atoms with van der Waals surface area (Å²) < 4.78 is 0. The van der Waals surface area contributed by atoms with Crippen LogP contribution in [0.4, 0.5) is 5.69 Å². The van der Waals surface area contributed by atoms with Gasteiger partial charge in [0, 0.05) is 10.7 Å². The molecule has 0 fully saturated rings. The normalized spacial score (nSPS) is 12.1. The van der Waals surface area contributed by atoms with E-state index < -0.39 is 6.04 Å². The van der Waals surface area contributed by atoms with Gasteiger partial charge in [0.05, 0.1) is 6.21 Å². The Balaban J connectivity index is 1.87. The summed E-state index contributed by atoms with van der Waals surface area (Å²) >= 11 is 5.89. The maximum atomic E-state index is 11.9. The third-order valence-electron chi connectivity index (χ3n) is 2.88. The number of amides is 1. The van der Waals surface area contributed by atoms with Gasteiger partial charge in [-0.3, -0.25) is 4.79 Å². The molecular weight excluding hydrogens is 302 g/mol. The van der Waals surface area contributed by atoms with E-state index in [4.69, 9.17) is 11.6 Å². The Morgan fingerprint density at radius 2 is 2.00 bits per heavy atom. The first-order valence-corrected chi connectivity index (χ1v) is 7.06. The van der Waals surface area contributed by atoms with Gasteiger partial charge in [-0.2, -0.15) is 5.10 Å². The lowest BCUT2D eigenvalue weighted by Gasteiger charge is -2.13. The number of rotatable bonds is 5. The van der Waals surface area contributed by atoms with Crippen LogP contribution in [0.3, 0.4) is 0 Å². The van der Waals surface area contributed by atoms with Crippen molar-refractivity contribution in [1.29, 1.82) is 0 Å². The molecule has 3 N–H and O–H groups in total. The van der Waals surface area contributed by atoms with Gasteiger partial charge in [0.15, 0.2) is 0 Å². The van der Waals surface area contributed by atoms with Crippen LogP contribution in [-0.2, 0) is 4.79 Å². The summed E-state index contributed by atoms with van der Waals surface area (Å²) in [6.45, 7) is 1.73. The highest BCUT2D eigenvalue weighted by atomic mass is 35.5. The van der Waals surface area contributed by atoms with E-state index >= 15 is 0 Å². The molecule has 6 heteroatoms. The van der Waals surface area contributed by atoms with Gasteiger partial charge in [0.2, 0.25) is 0 Å². The van der Waals surface area contributed by atoms with E-state index in [1.165, 1.54) is 6.21 Å². The topological polar surface area (TPSA) is 73.7 Å². The van der Waals surface area contributed by atoms with Crippen molar-refractivity contribution in [2.45, 2.75) is 13.0 Å². The minimum Gasteiger partial charge on any atom is -0.508 e. The lowest BCUT2D eigenvalue weighted by Crippen LogP contribution is -2.34. The van der Waals surface area contributed by atoms with Crippen LogP contribution in [-0.4, -0.2) is 23.3 Å². The van der Waals surface area contributed by atoms with Gasteiger partial charge in [0.25, 0.3) is 5.91 Å². The van der Waals surface area contributed by atoms with Crippen molar-refractivity contribution < 1.29 is 9.90 Å². The molecule has 1 atom stereocenters. The molecule has 0 radical (unpaired) electrons. The highest BCUT2D eigenvalue weighted by Crippen LogP contribution is 2.15. The Morgan fingerprint density at radius 3 is 2.68 bits per heavy atom. The third kappa shape index (κ3) is 4.79. The number of phenols is 1. The average molecular weight is 318 g/mol. The predicted octanol–water partition coefficient (Wildman–Crippen LogP) is 3.00. The van der Waals surface area contributed by atoms with E-state index in [-0.39, 0.29) is 11.7 Å². The van der Waals surface area contributed by atoms with Crippen molar-refractivity contribution in [3.05, 3.63) is 59.1 Å². The van der Waals surface area contributed by atoms with Gasteiger partial charge >= 0.3 is 0 Å². The van der Waals surface area contributed by atoms with Crippen LogP contribution in [0, 0.1) is 0 Å². The SMILES string of the molecule is CC(Nc1cccc(Cl)c1)C(=O)NN=Cc1ccc(O)cc1. The van der Waals surface area contributed by atoms with Crippen LogP contribution in [0.1, 0.15) is 12.5 Å². The number of aromatic hydroxyl groups is 1. The van der Waals surface area contributed by atoms with E-state index in [0.717, 1.165) is 11.3 Å². The second-order valence-electron chi connectivity index (χ2n) is 4.70. The van der Waals surface area contributed by atoms with E-state index in [1.807, 2.05) is 6.07 Å². The monoisotopic (exact) mass is 317 g/mol. The van der Waals surface area contributed by atoms with Crippen LogP contribution < -0.4 is 10.7 Å². The number of hydrogen-bond donors (Lipinski definition) is 3. The number of anilines is 1. The molecule has 114 valence electrons. The smallest absolute Gasteiger partial charge is 0.262 e. The Morgan fingerprint density at radius 1 is 1.27 bits per heavy atom. The molecule has 2 aromatic rings. The van der Waals surface area contributed by atoms with Crippen LogP contribution in [0.25, 0.3) is 0 Å². The molecule has 2 aromatic carbocycles. The molecule has 0 spiro atoms. The molecule has 0 saturated carbocycles. The molecule has 1 unspecified atom stereocenters. The van der Waals surface area contributed by atoms with Gasteiger partial charge in [-0.05, 0) is 55.0 Å². The number of carbonyl (C=O) groups is 1. The number of halogens is 1. The largest absolute Gasteiger partial charge is 0.508 e. The summed E-state index contributed by atoms with van der Waals surface area (Å²) in [6.07, 6.45) is 1.50. The predicted molar refractivity (Wildman–Crippen MR) is 88.4 cm³/mol. The second kappa shape index (κ2) is 7.47. The van der Waals surface area contributed by atoms with Gasteiger partial charge < -0.3 is 10.4 Å². The molecule has 1 amide bonds. The van der Waals surface area contributed by atoms with Crippen molar-refractivity contribution in [3.63, 3.8) is 0 Å². The van der Waals surface area contributed by atoms with E-state index in [9.17, 15) is 9.90 Å². The number of nitrogens with zero attached hydrogens (tertiary/aromatic N) is 1. The molecular formula is C16H16ClN3O2. The fourth-order valence-corrected chi connectivity index (χ4v) is 1.91. The van der Waals surface area contributed by atoms with E-state index in [0.29, 0.717) is 5.02 Å². The summed E-state index contributed by atoms with van der Waals surface area (Å²) in [4.78, 5) is 11.9. The summed E-state index contributed by atoms with van der Waals surface area (Å²) in [6, 6.07) is 13.2. The molecule has 0 aliphatic carbocycles. The van der Waals surface area contributed by atoms with Gasteiger partial charge in [0.1, 0.15) is 11.8 Å². The number of nitrogens with one attached hydrogen (secondary N) is 2. The molecule has 0 aliphatic heterocycles. The Labute approximate surface area is 133 Å². The fourth-order valence-electron chi connectivity index (χ4n) is 1.72. The van der Waals surface area contributed by atoms with Crippen molar-refractivity contribution in [2.24, 2.45) is 5.10 Å². The number of hydrazone groups is 1. The van der Waals surface area contributed by atoms with Crippen LogP contribution in [0.2, 0.25) is 5.02 Å². The molecule has 2 rings (SSSR count). The first-order chi connectivity index (χ1) is 10.5. The van der Waals surface area contributed by atoms with E-state index in [1.54, 1.807) is 49.4 Å². The van der Waals surface area contributed by atoms with Crippen LogP contribution in [0.5, 0.6) is 5.75 Å². The van der Waals surface area contributed by atoms with Crippen molar-refractivity contribution >= 4 is 29.4 Å². The lowest BCUT2D eigenvalue weighted by atomic mass is 10.2. The molecule has 22 heavy (non-hydrogen) atoms. The Bertz CT molecular complexity index is 671. The molecule has 0 heterocycles.